The molecule has 2 aromatic rings. The zero-order chi connectivity index (χ0) is 14.5. The van der Waals surface area contributed by atoms with E-state index in [0.29, 0.717) is 6.54 Å². The Labute approximate surface area is 118 Å². The van der Waals surface area contributed by atoms with E-state index in [2.05, 4.69) is 12.2 Å². The highest BCUT2D eigenvalue weighted by Gasteiger charge is 2.13. The van der Waals surface area contributed by atoms with Gasteiger partial charge in [-0.2, -0.15) is 0 Å². The molecule has 0 bridgehead atoms. The Bertz CT molecular complexity index is 634. The minimum absolute atomic E-state index is 0.00587. The zero-order valence-electron chi connectivity index (χ0n) is 11.8. The number of benzene rings is 1. The lowest BCUT2D eigenvalue weighted by molar-refractivity contribution is 0.462. The number of pyridine rings is 1. The molecule has 0 radical (unpaired) electrons. The van der Waals surface area contributed by atoms with Crippen molar-refractivity contribution in [2.45, 2.75) is 32.9 Å². The summed E-state index contributed by atoms with van der Waals surface area (Å²) in [6.45, 7) is 4.63. The predicted octanol–water partition coefficient (Wildman–Crippen LogP) is 3.14. The number of rotatable bonds is 5. The van der Waals surface area contributed by atoms with E-state index in [-0.39, 0.29) is 17.4 Å². The fourth-order valence-electron chi connectivity index (χ4n) is 2.25. The smallest absolute Gasteiger partial charge is 0.250 e. The lowest BCUT2D eigenvalue weighted by Crippen LogP contribution is -2.19. The Morgan fingerprint density at radius 3 is 2.60 bits per heavy atom. The number of hydrogen-bond acceptors (Lipinski definition) is 3. The van der Waals surface area contributed by atoms with E-state index in [1.54, 1.807) is 22.8 Å². The molecule has 0 aliphatic heterocycles. The van der Waals surface area contributed by atoms with Gasteiger partial charge in [0, 0.05) is 24.4 Å². The van der Waals surface area contributed by atoms with Crippen LogP contribution in [0.1, 0.15) is 31.9 Å². The average molecular weight is 272 g/mol. The summed E-state index contributed by atoms with van der Waals surface area (Å²) in [6, 6.07) is 10.7. The van der Waals surface area contributed by atoms with Crippen LogP contribution in [-0.4, -0.2) is 9.67 Å². The molecule has 4 nitrogen and oxygen atoms in total. The number of anilines is 1. The van der Waals surface area contributed by atoms with Crippen molar-refractivity contribution < 1.29 is 5.11 Å². The molecule has 0 spiro atoms. The van der Waals surface area contributed by atoms with Crippen LogP contribution in [0.4, 0.5) is 5.69 Å². The molecule has 0 aliphatic rings. The average Bonchev–Trinajstić information content (AvgIpc) is 2.47. The highest BCUT2D eigenvalue weighted by molar-refractivity contribution is 5.46. The summed E-state index contributed by atoms with van der Waals surface area (Å²) in [5.74, 6) is 0.288. The number of nitrogens with zero attached hydrogens (tertiary/aromatic N) is 1. The Hall–Kier alpha value is -2.23. The van der Waals surface area contributed by atoms with Crippen molar-refractivity contribution in [2.24, 2.45) is 0 Å². The molecule has 0 saturated heterocycles. The standard InChI is InChI=1S/C16H20N2O2/c1-3-14(13-7-5-6-8-15(13)19)17-12-9-10-16(20)18(4-2)11-12/h5-11,14,17,19H,3-4H2,1-2H3. The lowest BCUT2D eigenvalue weighted by Gasteiger charge is -2.20. The second-order valence-electron chi connectivity index (χ2n) is 4.71. The van der Waals surface area contributed by atoms with Gasteiger partial charge in [-0.15, -0.1) is 0 Å². The number of aryl methyl sites for hydroxylation is 1. The van der Waals surface area contributed by atoms with Gasteiger partial charge in [-0.25, -0.2) is 0 Å². The summed E-state index contributed by atoms with van der Waals surface area (Å²) in [6.07, 6.45) is 2.65. The summed E-state index contributed by atoms with van der Waals surface area (Å²) in [7, 11) is 0. The van der Waals surface area contributed by atoms with Crippen LogP contribution in [0.3, 0.4) is 0 Å². The van der Waals surface area contributed by atoms with Gasteiger partial charge in [0.15, 0.2) is 0 Å². The Balaban J connectivity index is 2.27. The second-order valence-corrected chi connectivity index (χ2v) is 4.71. The molecule has 0 saturated carbocycles. The summed E-state index contributed by atoms with van der Waals surface area (Å²) >= 11 is 0. The van der Waals surface area contributed by atoms with E-state index in [1.165, 1.54) is 0 Å². The number of nitrogens with one attached hydrogen (secondary N) is 1. The maximum absolute atomic E-state index is 11.6. The van der Waals surface area contributed by atoms with Gasteiger partial charge in [0.05, 0.1) is 11.7 Å². The largest absolute Gasteiger partial charge is 0.508 e. The highest BCUT2D eigenvalue weighted by Crippen LogP contribution is 2.28. The molecule has 2 N–H and O–H groups in total. The van der Waals surface area contributed by atoms with Crippen molar-refractivity contribution in [2.75, 3.05) is 5.32 Å². The van der Waals surface area contributed by atoms with Crippen molar-refractivity contribution in [1.29, 1.82) is 0 Å². The number of phenolic OH excluding ortho intramolecular Hbond substituents is 1. The normalized spacial score (nSPS) is 12.1. The Kier molecular flexibility index (Phi) is 4.45. The van der Waals surface area contributed by atoms with Crippen molar-refractivity contribution in [3.8, 4) is 5.75 Å². The first-order valence-corrected chi connectivity index (χ1v) is 6.90. The second kappa shape index (κ2) is 6.28. The molecule has 20 heavy (non-hydrogen) atoms. The van der Waals surface area contributed by atoms with E-state index in [4.69, 9.17) is 0 Å². The van der Waals surface area contributed by atoms with Gasteiger partial charge in [-0.05, 0) is 25.5 Å². The predicted molar refractivity (Wildman–Crippen MR) is 81.1 cm³/mol. The lowest BCUT2D eigenvalue weighted by atomic mass is 10.0. The fourth-order valence-corrected chi connectivity index (χ4v) is 2.25. The first kappa shape index (κ1) is 14.2. The third-order valence-electron chi connectivity index (χ3n) is 3.39. The maximum Gasteiger partial charge on any atom is 0.250 e. The SMILES string of the molecule is CCC(Nc1ccc(=O)n(CC)c1)c1ccccc1O. The van der Waals surface area contributed by atoms with Crippen LogP contribution in [0.5, 0.6) is 5.75 Å². The van der Waals surface area contributed by atoms with Gasteiger partial charge in [0.1, 0.15) is 5.75 Å². The van der Waals surface area contributed by atoms with Gasteiger partial charge in [0.25, 0.3) is 5.56 Å². The molecule has 1 heterocycles. The van der Waals surface area contributed by atoms with Crippen LogP contribution >= 0.6 is 0 Å². The molecule has 106 valence electrons. The number of phenols is 1. The maximum atomic E-state index is 11.6. The molecule has 1 unspecified atom stereocenters. The molecule has 0 fully saturated rings. The minimum Gasteiger partial charge on any atom is -0.508 e. The summed E-state index contributed by atoms with van der Waals surface area (Å²) < 4.78 is 1.65. The molecular formula is C16H20N2O2. The van der Waals surface area contributed by atoms with Crippen LogP contribution < -0.4 is 10.9 Å². The van der Waals surface area contributed by atoms with Crippen LogP contribution in [-0.2, 0) is 6.54 Å². The molecule has 1 aromatic carbocycles. The van der Waals surface area contributed by atoms with Crippen molar-refractivity contribution >= 4 is 5.69 Å². The molecule has 1 aromatic heterocycles. The fraction of sp³-hybridized carbons (Fsp3) is 0.312. The minimum atomic E-state index is -0.00587. The van der Waals surface area contributed by atoms with Gasteiger partial charge in [-0.1, -0.05) is 25.1 Å². The molecule has 4 heteroatoms. The highest BCUT2D eigenvalue weighted by atomic mass is 16.3. The third-order valence-corrected chi connectivity index (χ3v) is 3.39. The van der Waals surface area contributed by atoms with Crippen LogP contribution in [0.2, 0.25) is 0 Å². The van der Waals surface area contributed by atoms with E-state index < -0.39 is 0 Å². The Morgan fingerprint density at radius 1 is 1.20 bits per heavy atom. The summed E-state index contributed by atoms with van der Waals surface area (Å²) in [5, 5.41) is 13.3. The third kappa shape index (κ3) is 3.02. The first-order valence-electron chi connectivity index (χ1n) is 6.90. The van der Waals surface area contributed by atoms with Crippen LogP contribution in [0.15, 0.2) is 47.4 Å². The monoisotopic (exact) mass is 272 g/mol. The summed E-state index contributed by atoms with van der Waals surface area (Å²) in [4.78, 5) is 11.6. The molecular weight excluding hydrogens is 252 g/mol. The zero-order valence-corrected chi connectivity index (χ0v) is 11.8. The van der Waals surface area contributed by atoms with Crippen LogP contribution in [0, 0.1) is 0 Å². The van der Waals surface area contributed by atoms with Gasteiger partial charge in [-0.3, -0.25) is 4.79 Å². The topological polar surface area (TPSA) is 54.3 Å². The molecule has 0 amide bonds. The van der Waals surface area contributed by atoms with Crippen LogP contribution in [0.25, 0.3) is 0 Å². The van der Waals surface area contributed by atoms with E-state index >= 15 is 0 Å². The van der Waals surface area contributed by atoms with E-state index in [9.17, 15) is 9.90 Å². The number of aromatic nitrogens is 1. The van der Waals surface area contributed by atoms with Crippen molar-refractivity contribution in [3.63, 3.8) is 0 Å². The van der Waals surface area contributed by atoms with E-state index in [0.717, 1.165) is 17.7 Å². The number of aromatic hydroxyl groups is 1. The van der Waals surface area contributed by atoms with Crippen molar-refractivity contribution in [1.82, 2.24) is 4.57 Å². The van der Waals surface area contributed by atoms with Crippen molar-refractivity contribution in [3.05, 3.63) is 58.5 Å². The summed E-state index contributed by atoms with van der Waals surface area (Å²) in [5.41, 5.74) is 1.74. The molecule has 0 aliphatic carbocycles. The van der Waals surface area contributed by atoms with Gasteiger partial charge in [0.2, 0.25) is 0 Å². The van der Waals surface area contributed by atoms with Gasteiger partial charge >= 0.3 is 0 Å². The Morgan fingerprint density at radius 2 is 1.95 bits per heavy atom. The number of hydrogen-bond donors (Lipinski definition) is 2. The first-order chi connectivity index (χ1) is 9.65. The number of para-hydroxylation sites is 1. The molecule has 2 rings (SSSR count). The molecule has 1 atom stereocenters. The quantitative estimate of drug-likeness (QED) is 0.879. The van der Waals surface area contributed by atoms with Gasteiger partial charge < -0.3 is 15.0 Å². The van der Waals surface area contributed by atoms with E-state index in [1.807, 2.05) is 31.3 Å².